The van der Waals surface area contributed by atoms with Gasteiger partial charge in [0.2, 0.25) is 9.93 Å². The van der Waals surface area contributed by atoms with Crippen LogP contribution in [0.15, 0.2) is 0 Å². The molecular weight excluding hydrogens is 287 g/mol. The van der Waals surface area contributed by atoms with Crippen molar-refractivity contribution < 1.29 is 29.0 Å². The first kappa shape index (κ1) is 15.0. The van der Waals surface area contributed by atoms with Gasteiger partial charge in [0.1, 0.15) is 6.10 Å². The Labute approximate surface area is 113 Å². The number of hydrogen-bond donors (Lipinski definition) is 1. The molecule has 0 amide bonds. The van der Waals surface area contributed by atoms with Gasteiger partial charge in [0.05, 0.1) is 0 Å². The Morgan fingerprint density at radius 2 is 1.78 bits per heavy atom. The Bertz CT molecular complexity index is 394. The van der Waals surface area contributed by atoms with E-state index in [1.165, 1.54) is 0 Å². The largest absolute Gasteiger partial charge is 0.478 e. The van der Waals surface area contributed by atoms with Crippen molar-refractivity contribution in [1.29, 1.82) is 0 Å². The van der Waals surface area contributed by atoms with Gasteiger partial charge in [0, 0.05) is 20.3 Å². The molecule has 0 radical (unpaired) electrons. The molecule has 0 aromatic heterocycles. The second-order valence-electron chi connectivity index (χ2n) is 3.99. The molecule has 1 aliphatic carbocycles. The third-order valence-corrected chi connectivity index (χ3v) is 3.77. The summed E-state index contributed by atoms with van der Waals surface area (Å²) in [7, 11) is 0. The quantitative estimate of drug-likeness (QED) is 0.623. The minimum atomic E-state index is -2.11. The smallest absolute Gasteiger partial charge is 0.351 e. The summed E-state index contributed by atoms with van der Waals surface area (Å²) in [5.74, 6) is -2.95. The van der Waals surface area contributed by atoms with E-state index >= 15 is 0 Å². The van der Waals surface area contributed by atoms with Crippen LogP contribution in [0.3, 0.4) is 0 Å². The second-order valence-corrected chi connectivity index (χ2v) is 5.37. The number of carboxylic acid groups (broad SMARTS) is 1. The van der Waals surface area contributed by atoms with Gasteiger partial charge in [-0.3, -0.25) is 9.59 Å². The lowest BCUT2D eigenvalue weighted by Crippen LogP contribution is -2.56. The topological polar surface area (TPSA) is 89.9 Å². The number of ether oxygens (including phenoxy) is 2. The number of rotatable bonds is 3. The first-order valence-electron chi connectivity index (χ1n) is 5.11. The van der Waals surface area contributed by atoms with Crippen molar-refractivity contribution >= 4 is 41.1 Å². The third kappa shape index (κ3) is 2.40. The summed E-state index contributed by atoms with van der Waals surface area (Å²) < 4.78 is 7.62. The lowest BCUT2D eigenvalue weighted by Gasteiger charge is -2.34. The monoisotopic (exact) mass is 298 g/mol. The fraction of sp³-hybridized carbons (Fsp3) is 0.700. The average molecular weight is 299 g/mol. The Morgan fingerprint density at radius 3 is 2.17 bits per heavy atom. The molecule has 8 heteroatoms. The van der Waals surface area contributed by atoms with Gasteiger partial charge in [0.25, 0.3) is 0 Å². The molecule has 0 spiro atoms. The van der Waals surface area contributed by atoms with Crippen molar-refractivity contribution in [2.24, 2.45) is 0 Å². The zero-order valence-corrected chi connectivity index (χ0v) is 11.2. The number of carboxylic acids is 1. The number of hydrogen-bond acceptors (Lipinski definition) is 5. The third-order valence-electron chi connectivity index (χ3n) is 2.67. The van der Waals surface area contributed by atoms with Crippen molar-refractivity contribution in [3.05, 3.63) is 0 Å². The van der Waals surface area contributed by atoms with Gasteiger partial charge in [-0.2, -0.15) is 0 Å². The van der Waals surface area contributed by atoms with E-state index in [0.29, 0.717) is 0 Å². The Morgan fingerprint density at radius 1 is 1.22 bits per heavy atom. The minimum absolute atomic E-state index is 0.0894. The predicted octanol–water partition coefficient (Wildman–Crippen LogP) is 1.27. The molecule has 18 heavy (non-hydrogen) atoms. The molecule has 2 atom stereocenters. The number of aliphatic carboxylic acids is 1. The zero-order chi connectivity index (χ0) is 14.1. The van der Waals surface area contributed by atoms with Gasteiger partial charge in [-0.25, -0.2) is 4.79 Å². The fourth-order valence-electron chi connectivity index (χ4n) is 1.93. The highest BCUT2D eigenvalue weighted by atomic mass is 35.5. The van der Waals surface area contributed by atoms with E-state index in [1.54, 1.807) is 0 Å². The highest BCUT2D eigenvalue weighted by Crippen LogP contribution is 2.51. The van der Waals surface area contributed by atoms with E-state index in [1.807, 2.05) is 0 Å². The number of carbonyl (C=O) groups excluding carboxylic acids is 2. The molecular formula is C10H12Cl2O6. The molecule has 1 aliphatic rings. The number of halogens is 2. The fourth-order valence-corrected chi connectivity index (χ4v) is 2.67. The maximum atomic E-state index is 11.3. The molecule has 0 saturated heterocycles. The van der Waals surface area contributed by atoms with Gasteiger partial charge in [-0.15, -0.1) is 0 Å². The molecule has 0 aromatic carbocycles. The first-order chi connectivity index (χ1) is 8.13. The highest BCUT2D eigenvalue weighted by molar-refractivity contribution is 6.51. The Balaban J connectivity index is 3.10. The van der Waals surface area contributed by atoms with Crippen LogP contribution in [0.25, 0.3) is 0 Å². The van der Waals surface area contributed by atoms with Crippen LogP contribution in [-0.2, 0) is 23.9 Å². The first-order valence-corrected chi connectivity index (χ1v) is 5.87. The van der Waals surface area contributed by atoms with Crippen LogP contribution < -0.4 is 0 Å². The molecule has 1 N–H and O–H groups in total. The lowest BCUT2D eigenvalue weighted by atomic mass is 10.0. The summed E-state index contributed by atoms with van der Waals surface area (Å²) in [6.45, 7) is 2.20. The molecule has 6 nitrogen and oxygen atoms in total. The lowest BCUT2D eigenvalue weighted by molar-refractivity contribution is -0.179. The van der Waals surface area contributed by atoms with Crippen LogP contribution in [0.4, 0.5) is 0 Å². The maximum Gasteiger partial charge on any atom is 0.351 e. The molecule has 0 aromatic rings. The Kier molecular flexibility index (Phi) is 4.12. The van der Waals surface area contributed by atoms with Crippen molar-refractivity contribution in [1.82, 2.24) is 0 Å². The highest BCUT2D eigenvalue weighted by Gasteiger charge is 2.68. The standard InChI is InChI=1S/C10H12Cl2O6/c1-5(13)17-7-3-4-9(8(15)16,10(7,11)12)18-6(2)14/h7H,3-4H2,1-2H3,(H,15,16)/t7-,9-/m1/s1. The summed E-state index contributed by atoms with van der Waals surface area (Å²) in [5, 5.41) is 9.21. The summed E-state index contributed by atoms with van der Waals surface area (Å²) in [5.41, 5.74) is -2.11. The summed E-state index contributed by atoms with van der Waals surface area (Å²) in [6.07, 6.45) is -1.09. The summed E-state index contributed by atoms with van der Waals surface area (Å²) in [6, 6.07) is 0. The van der Waals surface area contributed by atoms with E-state index in [0.717, 1.165) is 13.8 Å². The summed E-state index contributed by atoms with van der Waals surface area (Å²) in [4.78, 5) is 33.2. The second kappa shape index (κ2) is 4.93. The zero-order valence-electron chi connectivity index (χ0n) is 9.74. The van der Waals surface area contributed by atoms with Gasteiger partial charge in [-0.1, -0.05) is 23.2 Å². The molecule has 0 unspecified atom stereocenters. The number of alkyl halides is 2. The van der Waals surface area contributed by atoms with Crippen LogP contribution in [0.2, 0.25) is 0 Å². The van der Waals surface area contributed by atoms with Crippen molar-refractivity contribution in [2.75, 3.05) is 0 Å². The predicted molar refractivity (Wildman–Crippen MR) is 61.4 cm³/mol. The Hall–Kier alpha value is -1.01. The van der Waals surface area contributed by atoms with Crippen molar-refractivity contribution in [3.8, 4) is 0 Å². The molecule has 0 aliphatic heterocycles. The van der Waals surface area contributed by atoms with Crippen LogP contribution in [-0.4, -0.2) is 39.1 Å². The average Bonchev–Trinajstić information content (AvgIpc) is 2.41. The molecule has 1 saturated carbocycles. The molecule has 1 fully saturated rings. The van der Waals surface area contributed by atoms with Gasteiger partial charge in [-0.05, 0) is 6.42 Å². The van der Waals surface area contributed by atoms with Gasteiger partial charge in [0.15, 0.2) is 0 Å². The molecule has 0 bridgehead atoms. The molecule has 102 valence electrons. The number of esters is 2. The number of carbonyl (C=O) groups is 3. The van der Waals surface area contributed by atoms with Crippen LogP contribution >= 0.6 is 23.2 Å². The van der Waals surface area contributed by atoms with Gasteiger partial charge < -0.3 is 14.6 Å². The SMILES string of the molecule is CC(=O)O[C@@H]1CC[C@@](OC(C)=O)(C(=O)O)C1(Cl)Cl. The summed E-state index contributed by atoms with van der Waals surface area (Å²) >= 11 is 11.9. The maximum absolute atomic E-state index is 11.3. The van der Waals surface area contributed by atoms with E-state index < -0.39 is 33.9 Å². The van der Waals surface area contributed by atoms with E-state index in [2.05, 4.69) is 0 Å². The molecule has 0 heterocycles. The normalized spacial score (nSPS) is 29.7. The van der Waals surface area contributed by atoms with Crippen LogP contribution in [0, 0.1) is 0 Å². The van der Waals surface area contributed by atoms with Crippen molar-refractivity contribution in [3.63, 3.8) is 0 Å². The van der Waals surface area contributed by atoms with Crippen LogP contribution in [0.1, 0.15) is 26.7 Å². The van der Waals surface area contributed by atoms with Crippen LogP contribution in [0.5, 0.6) is 0 Å². The minimum Gasteiger partial charge on any atom is -0.478 e. The van der Waals surface area contributed by atoms with E-state index in [-0.39, 0.29) is 12.8 Å². The van der Waals surface area contributed by atoms with E-state index in [9.17, 15) is 19.5 Å². The van der Waals surface area contributed by atoms with E-state index in [4.69, 9.17) is 32.7 Å². The van der Waals surface area contributed by atoms with Gasteiger partial charge >= 0.3 is 17.9 Å². The molecule has 1 rings (SSSR count). The van der Waals surface area contributed by atoms with Crippen molar-refractivity contribution in [2.45, 2.75) is 42.7 Å².